The van der Waals surface area contributed by atoms with Crippen LogP contribution in [0.15, 0.2) is 0 Å². The average Bonchev–Trinajstić information content (AvgIpc) is 2.54. The van der Waals surface area contributed by atoms with Crippen LogP contribution in [-0.2, 0) is 9.59 Å². The SMILES string of the molecule is O=C1CN(C(=O)[C@@H]2CCCNC2)CCCN1. The van der Waals surface area contributed by atoms with Gasteiger partial charge in [0.2, 0.25) is 11.8 Å². The van der Waals surface area contributed by atoms with Crippen LogP contribution in [0.3, 0.4) is 0 Å². The smallest absolute Gasteiger partial charge is 0.239 e. The second kappa shape index (κ2) is 5.30. The van der Waals surface area contributed by atoms with E-state index in [0.717, 1.165) is 32.4 Å². The number of hydrogen-bond acceptors (Lipinski definition) is 3. The molecule has 0 aromatic heterocycles. The van der Waals surface area contributed by atoms with Gasteiger partial charge in [0.15, 0.2) is 0 Å². The third-order valence-electron chi connectivity index (χ3n) is 3.22. The molecule has 0 saturated carbocycles. The number of nitrogens with one attached hydrogen (secondary N) is 2. The van der Waals surface area contributed by atoms with Gasteiger partial charge in [-0.2, -0.15) is 0 Å². The molecule has 1 atom stereocenters. The van der Waals surface area contributed by atoms with Crippen LogP contribution in [0.5, 0.6) is 0 Å². The summed E-state index contributed by atoms with van der Waals surface area (Å²) in [6, 6.07) is 0. The molecule has 0 aromatic rings. The summed E-state index contributed by atoms with van der Waals surface area (Å²) in [5.41, 5.74) is 0. The number of amides is 2. The predicted molar refractivity (Wildman–Crippen MR) is 59.8 cm³/mol. The third-order valence-corrected chi connectivity index (χ3v) is 3.22. The Morgan fingerprint density at radius 1 is 1.31 bits per heavy atom. The van der Waals surface area contributed by atoms with E-state index in [1.807, 2.05) is 0 Å². The van der Waals surface area contributed by atoms with Gasteiger partial charge in [0.1, 0.15) is 0 Å². The van der Waals surface area contributed by atoms with E-state index >= 15 is 0 Å². The molecule has 0 aliphatic carbocycles. The molecule has 0 aromatic carbocycles. The summed E-state index contributed by atoms with van der Waals surface area (Å²) < 4.78 is 0. The molecule has 2 saturated heterocycles. The van der Waals surface area contributed by atoms with Gasteiger partial charge in [0, 0.05) is 19.6 Å². The first-order valence-corrected chi connectivity index (χ1v) is 6.03. The zero-order valence-corrected chi connectivity index (χ0v) is 9.50. The molecule has 2 heterocycles. The fourth-order valence-electron chi connectivity index (χ4n) is 2.31. The number of nitrogens with zero attached hydrogens (tertiary/aromatic N) is 1. The van der Waals surface area contributed by atoms with Crippen LogP contribution >= 0.6 is 0 Å². The Kier molecular flexibility index (Phi) is 3.77. The molecular weight excluding hydrogens is 206 g/mol. The van der Waals surface area contributed by atoms with E-state index in [1.54, 1.807) is 4.90 Å². The monoisotopic (exact) mass is 225 g/mol. The van der Waals surface area contributed by atoms with E-state index in [-0.39, 0.29) is 24.3 Å². The van der Waals surface area contributed by atoms with Crippen molar-refractivity contribution in [1.29, 1.82) is 0 Å². The summed E-state index contributed by atoms with van der Waals surface area (Å²) in [5.74, 6) is 0.179. The topological polar surface area (TPSA) is 61.4 Å². The number of carbonyl (C=O) groups excluding carboxylic acids is 2. The van der Waals surface area contributed by atoms with Crippen LogP contribution in [-0.4, -0.2) is 49.4 Å². The largest absolute Gasteiger partial charge is 0.354 e. The zero-order valence-electron chi connectivity index (χ0n) is 9.50. The fourth-order valence-corrected chi connectivity index (χ4v) is 2.31. The Balaban J connectivity index is 1.93. The van der Waals surface area contributed by atoms with E-state index in [0.29, 0.717) is 13.1 Å². The highest BCUT2D eigenvalue weighted by Crippen LogP contribution is 2.14. The molecule has 2 aliphatic rings. The third kappa shape index (κ3) is 2.72. The molecule has 5 nitrogen and oxygen atoms in total. The minimum Gasteiger partial charge on any atom is -0.354 e. The van der Waals surface area contributed by atoms with Gasteiger partial charge < -0.3 is 15.5 Å². The zero-order chi connectivity index (χ0) is 11.4. The normalized spacial score (nSPS) is 27.1. The second-order valence-corrected chi connectivity index (χ2v) is 4.51. The molecular formula is C11H19N3O2. The van der Waals surface area contributed by atoms with E-state index in [9.17, 15) is 9.59 Å². The fraction of sp³-hybridized carbons (Fsp3) is 0.818. The Hall–Kier alpha value is -1.10. The maximum absolute atomic E-state index is 12.2. The lowest BCUT2D eigenvalue weighted by Crippen LogP contribution is -2.45. The van der Waals surface area contributed by atoms with Crippen molar-refractivity contribution in [3.63, 3.8) is 0 Å². The summed E-state index contributed by atoms with van der Waals surface area (Å²) in [4.78, 5) is 25.2. The van der Waals surface area contributed by atoms with E-state index in [1.165, 1.54) is 0 Å². The standard InChI is InChI=1S/C11H19N3O2/c15-10-8-14(6-2-5-13-10)11(16)9-3-1-4-12-7-9/h9,12H,1-8H2,(H,13,15)/t9-/m1/s1. The lowest BCUT2D eigenvalue weighted by atomic mass is 9.98. The maximum atomic E-state index is 12.2. The van der Waals surface area contributed by atoms with Crippen molar-refractivity contribution in [2.24, 2.45) is 5.92 Å². The molecule has 0 spiro atoms. The highest BCUT2D eigenvalue weighted by molar-refractivity contribution is 5.86. The Morgan fingerprint density at radius 3 is 2.94 bits per heavy atom. The molecule has 2 amide bonds. The minimum atomic E-state index is -0.0328. The van der Waals surface area contributed by atoms with Crippen LogP contribution < -0.4 is 10.6 Å². The molecule has 0 bridgehead atoms. The Labute approximate surface area is 95.6 Å². The highest BCUT2D eigenvalue weighted by Gasteiger charge is 2.27. The number of hydrogen-bond donors (Lipinski definition) is 2. The van der Waals surface area contributed by atoms with Gasteiger partial charge >= 0.3 is 0 Å². The van der Waals surface area contributed by atoms with Crippen LogP contribution in [0, 0.1) is 5.92 Å². The highest BCUT2D eigenvalue weighted by atomic mass is 16.2. The van der Waals surface area contributed by atoms with Gasteiger partial charge in [0.25, 0.3) is 0 Å². The quantitative estimate of drug-likeness (QED) is 0.622. The number of piperidine rings is 1. The minimum absolute atomic E-state index is 0.0328. The average molecular weight is 225 g/mol. The Bertz CT molecular complexity index is 274. The van der Waals surface area contributed by atoms with E-state index in [2.05, 4.69) is 10.6 Å². The maximum Gasteiger partial charge on any atom is 0.239 e. The molecule has 2 aliphatic heterocycles. The predicted octanol–water partition coefficient (Wildman–Crippen LogP) is -0.665. The number of carbonyl (C=O) groups is 2. The lowest BCUT2D eigenvalue weighted by Gasteiger charge is -2.28. The van der Waals surface area contributed by atoms with Gasteiger partial charge in [-0.05, 0) is 25.8 Å². The summed E-state index contributed by atoms with van der Waals surface area (Å²) >= 11 is 0. The summed E-state index contributed by atoms with van der Waals surface area (Å²) in [5, 5.41) is 6.02. The summed E-state index contributed by atoms with van der Waals surface area (Å²) in [6.45, 7) is 3.39. The second-order valence-electron chi connectivity index (χ2n) is 4.51. The molecule has 2 fully saturated rings. The summed E-state index contributed by atoms with van der Waals surface area (Å²) in [7, 11) is 0. The van der Waals surface area contributed by atoms with Crippen molar-refractivity contribution < 1.29 is 9.59 Å². The molecule has 2 N–H and O–H groups in total. The lowest BCUT2D eigenvalue weighted by molar-refractivity contribution is -0.139. The van der Waals surface area contributed by atoms with Gasteiger partial charge in [-0.15, -0.1) is 0 Å². The molecule has 16 heavy (non-hydrogen) atoms. The van der Waals surface area contributed by atoms with Gasteiger partial charge in [-0.25, -0.2) is 0 Å². The van der Waals surface area contributed by atoms with E-state index in [4.69, 9.17) is 0 Å². The van der Waals surface area contributed by atoms with Gasteiger partial charge in [-0.3, -0.25) is 9.59 Å². The molecule has 90 valence electrons. The molecule has 0 radical (unpaired) electrons. The number of rotatable bonds is 1. The van der Waals surface area contributed by atoms with Crippen LogP contribution in [0.2, 0.25) is 0 Å². The van der Waals surface area contributed by atoms with Crippen molar-refractivity contribution in [3.8, 4) is 0 Å². The Morgan fingerprint density at radius 2 is 2.19 bits per heavy atom. The molecule has 5 heteroatoms. The van der Waals surface area contributed by atoms with E-state index < -0.39 is 0 Å². The van der Waals surface area contributed by atoms with Crippen molar-refractivity contribution in [3.05, 3.63) is 0 Å². The first-order valence-electron chi connectivity index (χ1n) is 6.03. The molecule has 0 unspecified atom stereocenters. The van der Waals surface area contributed by atoms with Crippen molar-refractivity contribution in [1.82, 2.24) is 15.5 Å². The van der Waals surface area contributed by atoms with Crippen LogP contribution in [0.25, 0.3) is 0 Å². The summed E-state index contributed by atoms with van der Waals surface area (Å²) in [6.07, 6.45) is 2.86. The molecule has 2 rings (SSSR count). The first-order chi connectivity index (χ1) is 7.77. The van der Waals surface area contributed by atoms with Crippen molar-refractivity contribution in [2.75, 3.05) is 32.7 Å². The van der Waals surface area contributed by atoms with Crippen LogP contribution in [0.4, 0.5) is 0 Å². The van der Waals surface area contributed by atoms with Gasteiger partial charge in [0.05, 0.1) is 12.5 Å². The van der Waals surface area contributed by atoms with Gasteiger partial charge in [-0.1, -0.05) is 0 Å². The van der Waals surface area contributed by atoms with Crippen molar-refractivity contribution in [2.45, 2.75) is 19.3 Å². The van der Waals surface area contributed by atoms with Crippen LogP contribution in [0.1, 0.15) is 19.3 Å². The first kappa shape index (κ1) is 11.4. The van der Waals surface area contributed by atoms with Crippen molar-refractivity contribution >= 4 is 11.8 Å².